The fourth-order valence-corrected chi connectivity index (χ4v) is 3.16. The van der Waals surface area contributed by atoms with Crippen LogP contribution in [0.1, 0.15) is 33.1 Å². The van der Waals surface area contributed by atoms with Gasteiger partial charge in [-0.15, -0.1) is 0 Å². The summed E-state index contributed by atoms with van der Waals surface area (Å²) in [4.78, 5) is 11.9. The molecule has 0 aromatic rings. The van der Waals surface area contributed by atoms with Crippen LogP contribution >= 0.6 is 0 Å². The molecule has 4 nitrogen and oxygen atoms in total. The molecule has 0 bridgehead atoms. The van der Waals surface area contributed by atoms with Crippen LogP contribution in [0.3, 0.4) is 0 Å². The Hall–Kier alpha value is -0.610. The Kier molecular flexibility index (Phi) is 2.55. The first kappa shape index (κ1) is 11.9. The van der Waals surface area contributed by atoms with E-state index in [-0.39, 0.29) is 11.4 Å². The van der Waals surface area contributed by atoms with Crippen LogP contribution < -0.4 is 5.32 Å². The summed E-state index contributed by atoms with van der Waals surface area (Å²) in [7, 11) is 1.39. The molecule has 1 saturated heterocycles. The highest BCUT2D eigenvalue weighted by Gasteiger charge is 2.63. The minimum Gasteiger partial charge on any atom is -0.468 e. The molecule has 2 rings (SSSR count). The van der Waals surface area contributed by atoms with Gasteiger partial charge in [-0.3, -0.25) is 4.79 Å². The van der Waals surface area contributed by atoms with Gasteiger partial charge in [-0.25, -0.2) is 0 Å². The number of nitrogens with one attached hydrogen (secondary N) is 1. The number of methoxy groups -OCH3 is 1. The Morgan fingerprint density at radius 2 is 1.94 bits per heavy atom. The predicted octanol–water partition coefficient (Wildman–Crippen LogP) is 0.690. The third kappa shape index (κ3) is 1.47. The average Bonchev–Trinajstić information content (AvgIpc) is 2.39. The maximum Gasteiger partial charge on any atom is 0.317 e. The number of rotatable bonds is 2. The second kappa shape index (κ2) is 3.44. The maximum atomic E-state index is 11.9. The molecule has 1 aliphatic carbocycles. The highest BCUT2D eigenvalue weighted by molar-refractivity contribution is 5.80. The molecule has 0 spiro atoms. The van der Waals surface area contributed by atoms with E-state index in [1.54, 1.807) is 0 Å². The smallest absolute Gasteiger partial charge is 0.317 e. The van der Waals surface area contributed by atoms with Crippen molar-refractivity contribution in [3.63, 3.8) is 0 Å². The summed E-state index contributed by atoms with van der Waals surface area (Å²) in [6.45, 7) is 5.35. The van der Waals surface area contributed by atoms with Gasteiger partial charge in [-0.05, 0) is 24.7 Å². The third-order valence-electron chi connectivity index (χ3n) is 4.31. The number of hydrogen-bond acceptors (Lipinski definition) is 4. The van der Waals surface area contributed by atoms with Gasteiger partial charge in [0.1, 0.15) is 5.41 Å². The molecule has 1 unspecified atom stereocenters. The average molecular weight is 227 g/mol. The number of hydrogen-bond donors (Lipinski definition) is 2. The second-order valence-corrected chi connectivity index (χ2v) is 6.05. The normalized spacial score (nSPS) is 35.5. The fourth-order valence-electron chi connectivity index (χ4n) is 3.16. The monoisotopic (exact) mass is 227 g/mol. The first-order valence-corrected chi connectivity index (χ1v) is 5.87. The summed E-state index contributed by atoms with van der Waals surface area (Å²) in [6, 6.07) is 0. The van der Waals surface area contributed by atoms with Crippen LogP contribution in [-0.4, -0.2) is 36.9 Å². The Morgan fingerprint density at radius 1 is 1.31 bits per heavy atom. The highest BCUT2D eigenvalue weighted by atomic mass is 16.5. The van der Waals surface area contributed by atoms with Crippen molar-refractivity contribution in [2.45, 2.75) is 38.7 Å². The van der Waals surface area contributed by atoms with Crippen molar-refractivity contribution in [3.05, 3.63) is 0 Å². The molecule has 2 aliphatic rings. The molecule has 0 aromatic heterocycles. The quantitative estimate of drug-likeness (QED) is 0.681. The first-order valence-electron chi connectivity index (χ1n) is 5.87. The fraction of sp³-hybridized carbons (Fsp3) is 0.917. The molecule has 1 aliphatic heterocycles. The predicted molar refractivity (Wildman–Crippen MR) is 59.9 cm³/mol. The van der Waals surface area contributed by atoms with E-state index < -0.39 is 11.0 Å². The van der Waals surface area contributed by atoms with Crippen LogP contribution in [0.5, 0.6) is 0 Å². The first-order chi connectivity index (χ1) is 7.35. The molecule has 4 heteroatoms. The van der Waals surface area contributed by atoms with Crippen LogP contribution in [-0.2, 0) is 9.53 Å². The van der Waals surface area contributed by atoms with E-state index in [0.717, 1.165) is 6.42 Å². The molecule has 0 radical (unpaired) electrons. The van der Waals surface area contributed by atoms with Crippen LogP contribution in [0, 0.1) is 10.8 Å². The molecule has 1 atom stereocenters. The summed E-state index contributed by atoms with van der Waals surface area (Å²) in [5.41, 5.74) is -1.49. The largest absolute Gasteiger partial charge is 0.468 e. The van der Waals surface area contributed by atoms with Gasteiger partial charge in [0.15, 0.2) is 0 Å². The molecule has 1 saturated carbocycles. The maximum absolute atomic E-state index is 11.9. The van der Waals surface area contributed by atoms with Crippen LogP contribution in [0.25, 0.3) is 0 Å². The lowest BCUT2D eigenvalue weighted by molar-refractivity contribution is -0.182. The number of ether oxygens (including phenoxy) is 1. The topological polar surface area (TPSA) is 58.6 Å². The summed E-state index contributed by atoms with van der Waals surface area (Å²) in [6.07, 6.45) is 2.33. The van der Waals surface area contributed by atoms with Crippen molar-refractivity contribution in [1.82, 2.24) is 5.32 Å². The van der Waals surface area contributed by atoms with Gasteiger partial charge >= 0.3 is 5.97 Å². The lowest BCUT2D eigenvalue weighted by Crippen LogP contribution is -2.69. The number of esters is 1. The van der Waals surface area contributed by atoms with Crippen molar-refractivity contribution in [2.75, 3.05) is 20.2 Å². The molecule has 0 aromatic carbocycles. The zero-order chi connectivity index (χ0) is 12.0. The van der Waals surface area contributed by atoms with Crippen molar-refractivity contribution in [2.24, 2.45) is 10.8 Å². The van der Waals surface area contributed by atoms with Crippen molar-refractivity contribution >= 4 is 5.97 Å². The highest BCUT2D eigenvalue weighted by Crippen LogP contribution is 2.53. The summed E-state index contributed by atoms with van der Waals surface area (Å²) < 4.78 is 4.86. The van der Waals surface area contributed by atoms with Crippen molar-refractivity contribution in [3.8, 4) is 0 Å². The Balaban J connectivity index is 2.25. The molecular formula is C12H21NO3. The number of aliphatic hydroxyl groups is 1. The van der Waals surface area contributed by atoms with E-state index in [9.17, 15) is 9.90 Å². The standard InChI is InChI=1S/C12H21NO3/c1-10(2)4-5-12(15,6-10)11(7-13-8-11)9(14)16-3/h13,15H,4-8H2,1-3H3. The minimum atomic E-state index is -0.894. The van der Waals surface area contributed by atoms with E-state index in [4.69, 9.17) is 4.74 Å². The Morgan fingerprint density at radius 3 is 2.25 bits per heavy atom. The van der Waals surface area contributed by atoms with Crippen LogP contribution in [0.2, 0.25) is 0 Å². The van der Waals surface area contributed by atoms with Gasteiger partial charge in [0.05, 0.1) is 12.7 Å². The second-order valence-electron chi connectivity index (χ2n) is 6.05. The summed E-state index contributed by atoms with van der Waals surface area (Å²) in [5, 5.41) is 13.8. The van der Waals surface area contributed by atoms with Gasteiger partial charge in [-0.1, -0.05) is 13.8 Å². The van der Waals surface area contributed by atoms with Gasteiger partial charge in [-0.2, -0.15) is 0 Å². The van der Waals surface area contributed by atoms with Crippen molar-refractivity contribution < 1.29 is 14.6 Å². The van der Waals surface area contributed by atoms with E-state index in [1.807, 2.05) is 0 Å². The van der Waals surface area contributed by atoms with E-state index >= 15 is 0 Å². The SMILES string of the molecule is COC(=O)C1(C2(O)CCC(C)(C)C2)CNC1. The van der Waals surface area contributed by atoms with E-state index in [0.29, 0.717) is 25.9 Å². The molecule has 2 N–H and O–H groups in total. The van der Waals surface area contributed by atoms with Gasteiger partial charge < -0.3 is 15.2 Å². The number of carbonyl (C=O) groups is 1. The Labute approximate surface area is 96.4 Å². The third-order valence-corrected chi connectivity index (χ3v) is 4.31. The molecule has 92 valence electrons. The van der Waals surface area contributed by atoms with Crippen molar-refractivity contribution in [1.29, 1.82) is 0 Å². The number of carbonyl (C=O) groups excluding carboxylic acids is 1. The zero-order valence-electron chi connectivity index (χ0n) is 10.3. The molecule has 2 fully saturated rings. The van der Waals surface area contributed by atoms with Crippen LogP contribution in [0.4, 0.5) is 0 Å². The van der Waals surface area contributed by atoms with E-state index in [2.05, 4.69) is 19.2 Å². The lowest BCUT2D eigenvalue weighted by Gasteiger charge is -2.50. The van der Waals surface area contributed by atoms with Gasteiger partial charge in [0.25, 0.3) is 0 Å². The zero-order valence-corrected chi connectivity index (χ0v) is 10.3. The molecule has 16 heavy (non-hydrogen) atoms. The van der Waals surface area contributed by atoms with Gasteiger partial charge in [0.2, 0.25) is 0 Å². The molecular weight excluding hydrogens is 206 g/mol. The summed E-state index contributed by atoms with van der Waals surface area (Å²) in [5.74, 6) is -0.272. The van der Waals surface area contributed by atoms with E-state index in [1.165, 1.54) is 7.11 Å². The Bertz CT molecular complexity index is 309. The van der Waals surface area contributed by atoms with Gasteiger partial charge in [0, 0.05) is 13.1 Å². The summed E-state index contributed by atoms with van der Waals surface area (Å²) >= 11 is 0. The molecule has 1 heterocycles. The molecule has 0 amide bonds. The lowest BCUT2D eigenvalue weighted by atomic mass is 9.65. The van der Waals surface area contributed by atoms with Crippen LogP contribution in [0.15, 0.2) is 0 Å². The minimum absolute atomic E-state index is 0.116.